The molecule has 0 unspecified atom stereocenters. The third-order valence-electron chi connectivity index (χ3n) is 4.97. The molecular weight excluding hydrogens is 370 g/mol. The second-order valence-electron chi connectivity index (χ2n) is 7.12. The predicted molar refractivity (Wildman–Crippen MR) is 111 cm³/mol. The molecule has 0 saturated carbocycles. The quantitative estimate of drug-likeness (QED) is 0.622. The number of aryl methyl sites for hydroxylation is 1. The first-order valence-corrected chi connectivity index (χ1v) is 10.3. The van der Waals surface area contributed by atoms with E-state index in [1.165, 1.54) is 16.8 Å². The maximum Gasteiger partial charge on any atom is 0.271 e. The summed E-state index contributed by atoms with van der Waals surface area (Å²) in [5.41, 5.74) is 0.118. The van der Waals surface area contributed by atoms with Crippen molar-refractivity contribution in [3.8, 4) is 0 Å². The van der Waals surface area contributed by atoms with E-state index in [-0.39, 0.29) is 17.2 Å². The Morgan fingerprint density at radius 2 is 1.83 bits per heavy atom. The Kier molecular flexibility index (Phi) is 7.69. The van der Waals surface area contributed by atoms with Gasteiger partial charge in [0.15, 0.2) is 0 Å². The topological polar surface area (TPSA) is 96.2 Å². The van der Waals surface area contributed by atoms with Gasteiger partial charge in [-0.25, -0.2) is 14.6 Å². The van der Waals surface area contributed by atoms with E-state index in [0.717, 1.165) is 57.9 Å². The Morgan fingerprint density at radius 1 is 1.07 bits per heavy atom. The maximum absolute atomic E-state index is 12.3. The third kappa shape index (κ3) is 6.08. The first-order valence-electron chi connectivity index (χ1n) is 10.3. The first kappa shape index (κ1) is 20.9. The summed E-state index contributed by atoms with van der Waals surface area (Å²) in [6, 6.07) is 4.72. The van der Waals surface area contributed by atoms with Crippen LogP contribution in [0.4, 0.5) is 5.95 Å². The van der Waals surface area contributed by atoms with E-state index in [9.17, 15) is 9.59 Å². The van der Waals surface area contributed by atoms with Crippen LogP contribution in [0, 0.1) is 0 Å². The van der Waals surface area contributed by atoms with Gasteiger partial charge in [-0.2, -0.15) is 5.10 Å². The highest BCUT2D eigenvalue weighted by molar-refractivity contribution is 5.91. The van der Waals surface area contributed by atoms with Gasteiger partial charge < -0.3 is 10.2 Å². The van der Waals surface area contributed by atoms with E-state index >= 15 is 0 Å². The van der Waals surface area contributed by atoms with Gasteiger partial charge in [0.2, 0.25) is 5.95 Å². The van der Waals surface area contributed by atoms with Crippen LogP contribution in [0.3, 0.4) is 0 Å². The molecule has 0 spiro atoms. The molecule has 9 heteroatoms. The van der Waals surface area contributed by atoms with Crippen molar-refractivity contribution in [1.29, 1.82) is 0 Å². The van der Waals surface area contributed by atoms with Gasteiger partial charge in [-0.1, -0.05) is 13.3 Å². The van der Waals surface area contributed by atoms with E-state index < -0.39 is 0 Å². The maximum atomic E-state index is 12.3. The Labute approximate surface area is 170 Å². The summed E-state index contributed by atoms with van der Waals surface area (Å²) in [6.45, 7) is 7.81. The van der Waals surface area contributed by atoms with Crippen LogP contribution in [0.25, 0.3) is 0 Å². The van der Waals surface area contributed by atoms with Gasteiger partial charge in [-0.15, -0.1) is 0 Å². The van der Waals surface area contributed by atoms with Gasteiger partial charge >= 0.3 is 0 Å². The lowest BCUT2D eigenvalue weighted by atomic mass is 10.3. The number of piperazine rings is 1. The summed E-state index contributed by atoms with van der Waals surface area (Å²) in [7, 11) is 0. The molecule has 1 N–H and O–H groups in total. The number of amides is 1. The zero-order chi connectivity index (χ0) is 20.5. The fourth-order valence-corrected chi connectivity index (χ4v) is 3.26. The van der Waals surface area contributed by atoms with E-state index in [2.05, 4.69) is 37.1 Å². The molecule has 0 aliphatic carbocycles. The van der Waals surface area contributed by atoms with E-state index in [4.69, 9.17) is 0 Å². The van der Waals surface area contributed by atoms with Crippen LogP contribution in [-0.4, -0.2) is 69.8 Å². The van der Waals surface area contributed by atoms with Gasteiger partial charge in [0.1, 0.15) is 5.69 Å². The van der Waals surface area contributed by atoms with Crippen molar-refractivity contribution in [2.75, 3.05) is 44.2 Å². The molecule has 0 bridgehead atoms. The first-order chi connectivity index (χ1) is 14.2. The minimum Gasteiger partial charge on any atom is -0.351 e. The van der Waals surface area contributed by atoms with E-state index in [1.54, 1.807) is 12.4 Å². The molecule has 9 nitrogen and oxygen atoms in total. The molecule has 1 amide bonds. The molecule has 0 atom stereocenters. The number of anilines is 1. The zero-order valence-corrected chi connectivity index (χ0v) is 17.0. The summed E-state index contributed by atoms with van der Waals surface area (Å²) >= 11 is 0. The fraction of sp³-hybridized carbons (Fsp3) is 0.550. The standard InChI is InChI=1S/C20H29N7O2/c1-2-3-12-27-18(28)7-6-17(24-27)19(29)21-10-5-11-25-13-15-26(16-14-25)20-22-8-4-9-23-20/h4,6-9H,2-3,5,10-16H2,1H3,(H,21,29). The summed E-state index contributed by atoms with van der Waals surface area (Å²) in [6.07, 6.45) is 6.23. The summed E-state index contributed by atoms with van der Waals surface area (Å²) in [5.74, 6) is 0.550. The molecule has 2 aromatic heterocycles. The van der Waals surface area contributed by atoms with Crippen molar-refractivity contribution in [2.45, 2.75) is 32.7 Å². The number of aromatic nitrogens is 4. The highest BCUT2D eigenvalue weighted by Gasteiger charge is 2.18. The summed E-state index contributed by atoms with van der Waals surface area (Å²) in [5, 5.41) is 7.08. The molecule has 1 saturated heterocycles. The lowest BCUT2D eigenvalue weighted by molar-refractivity contribution is 0.0943. The highest BCUT2D eigenvalue weighted by Crippen LogP contribution is 2.09. The Hall–Kier alpha value is -2.81. The van der Waals surface area contributed by atoms with Crippen molar-refractivity contribution in [3.63, 3.8) is 0 Å². The molecule has 1 fully saturated rings. The molecule has 1 aliphatic heterocycles. The Bertz CT molecular complexity index is 832. The number of nitrogens with zero attached hydrogens (tertiary/aromatic N) is 6. The van der Waals surface area contributed by atoms with Gasteiger partial charge in [-0.3, -0.25) is 14.5 Å². The average molecular weight is 399 g/mol. The average Bonchev–Trinajstić information content (AvgIpc) is 2.77. The Morgan fingerprint density at radius 3 is 2.55 bits per heavy atom. The molecule has 0 aromatic carbocycles. The van der Waals surface area contributed by atoms with Gasteiger partial charge in [0.25, 0.3) is 11.5 Å². The van der Waals surface area contributed by atoms with Crippen molar-refractivity contribution in [1.82, 2.24) is 30.0 Å². The molecule has 29 heavy (non-hydrogen) atoms. The smallest absolute Gasteiger partial charge is 0.271 e. The van der Waals surface area contributed by atoms with Crippen molar-refractivity contribution >= 4 is 11.9 Å². The summed E-state index contributed by atoms with van der Waals surface area (Å²) < 4.78 is 1.37. The molecule has 2 aromatic rings. The number of hydrogen-bond donors (Lipinski definition) is 1. The minimum atomic E-state index is -0.235. The van der Waals surface area contributed by atoms with E-state index in [1.807, 2.05) is 6.07 Å². The van der Waals surface area contributed by atoms with Crippen LogP contribution in [0.1, 0.15) is 36.7 Å². The van der Waals surface area contributed by atoms with Crippen LogP contribution in [0.15, 0.2) is 35.4 Å². The van der Waals surface area contributed by atoms with Gasteiger partial charge in [0.05, 0.1) is 0 Å². The lowest BCUT2D eigenvalue weighted by Crippen LogP contribution is -2.47. The number of carbonyl (C=O) groups excluding carboxylic acids is 1. The van der Waals surface area contributed by atoms with Crippen LogP contribution in [0.5, 0.6) is 0 Å². The zero-order valence-electron chi connectivity index (χ0n) is 17.0. The van der Waals surface area contributed by atoms with Crippen LogP contribution >= 0.6 is 0 Å². The minimum absolute atomic E-state index is 0.171. The molecule has 1 aliphatic rings. The second kappa shape index (κ2) is 10.7. The fourth-order valence-electron chi connectivity index (χ4n) is 3.26. The van der Waals surface area contributed by atoms with Crippen LogP contribution < -0.4 is 15.8 Å². The normalized spacial score (nSPS) is 14.7. The van der Waals surface area contributed by atoms with Crippen molar-refractivity contribution in [3.05, 3.63) is 46.6 Å². The number of carbonyl (C=O) groups is 1. The summed E-state index contributed by atoms with van der Waals surface area (Å²) in [4.78, 5) is 37.3. The SMILES string of the molecule is CCCCn1nc(C(=O)NCCCN2CCN(c3ncccn3)CC2)ccc1=O. The Balaban J connectivity index is 1.37. The van der Waals surface area contributed by atoms with Crippen LogP contribution in [-0.2, 0) is 6.54 Å². The third-order valence-corrected chi connectivity index (χ3v) is 4.97. The van der Waals surface area contributed by atoms with Gasteiger partial charge in [0, 0.05) is 57.7 Å². The van der Waals surface area contributed by atoms with Crippen LogP contribution in [0.2, 0.25) is 0 Å². The predicted octanol–water partition coefficient (Wildman–Crippen LogP) is 0.776. The van der Waals surface area contributed by atoms with Gasteiger partial charge in [-0.05, 0) is 31.5 Å². The number of nitrogens with one attached hydrogen (secondary N) is 1. The van der Waals surface area contributed by atoms with Crippen molar-refractivity contribution in [2.24, 2.45) is 0 Å². The molecule has 3 rings (SSSR count). The van der Waals surface area contributed by atoms with E-state index in [0.29, 0.717) is 13.1 Å². The largest absolute Gasteiger partial charge is 0.351 e. The molecule has 0 radical (unpaired) electrons. The second-order valence-corrected chi connectivity index (χ2v) is 7.12. The number of hydrogen-bond acceptors (Lipinski definition) is 7. The lowest BCUT2D eigenvalue weighted by Gasteiger charge is -2.34. The molecule has 3 heterocycles. The van der Waals surface area contributed by atoms with Crippen molar-refractivity contribution < 1.29 is 4.79 Å². The highest BCUT2D eigenvalue weighted by atomic mass is 16.2. The number of rotatable bonds is 9. The monoisotopic (exact) mass is 399 g/mol. The number of unbranched alkanes of at least 4 members (excludes halogenated alkanes) is 1. The molecular formula is C20H29N7O2. The molecule has 156 valence electrons.